The Balaban J connectivity index is 1.27. The summed E-state index contributed by atoms with van der Waals surface area (Å²) in [5.41, 5.74) is 0.324. The maximum Gasteiger partial charge on any atom is 0.240 e. The first-order chi connectivity index (χ1) is 23.2. The predicted octanol–water partition coefficient (Wildman–Crippen LogP) is 4.09. The van der Waals surface area contributed by atoms with Gasteiger partial charge in [-0.15, -0.1) is 0 Å². The van der Waals surface area contributed by atoms with E-state index >= 15 is 0 Å². The summed E-state index contributed by atoms with van der Waals surface area (Å²) >= 11 is 0. The number of hydroxylamine groups is 2. The van der Waals surface area contributed by atoms with Crippen LogP contribution >= 0.6 is 0 Å². The third-order valence-corrected chi connectivity index (χ3v) is 14.1. The third-order valence-electron chi connectivity index (χ3n) is 14.1. The van der Waals surface area contributed by atoms with Crippen molar-refractivity contribution in [1.82, 2.24) is 20.6 Å². The van der Waals surface area contributed by atoms with Gasteiger partial charge in [-0.1, -0.05) is 53.9 Å². The molecule has 6 aliphatic rings. The lowest BCUT2D eigenvalue weighted by molar-refractivity contribution is -0.193. The van der Waals surface area contributed by atoms with E-state index in [4.69, 9.17) is 9.57 Å². The Morgan fingerprint density at radius 1 is 1.04 bits per heavy atom. The zero-order valence-corrected chi connectivity index (χ0v) is 32.1. The molecule has 1 heterocycles. The molecule has 10 heteroatoms. The van der Waals surface area contributed by atoms with Crippen LogP contribution in [0.3, 0.4) is 0 Å². The lowest BCUT2D eigenvalue weighted by Gasteiger charge is -2.62. The number of methoxy groups -OCH3 is 1. The molecule has 1 aliphatic heterocycles. The SMILES string of the molecule is COC1C(CN2O[C@@H](CO)[C@@H]([C@H](C)O)[C@H]2C(=O)N[C@H]2C[C@H]3C[C@@H]([C@@H]2C)C3(C)C)CCCC1C1CCCC(C(=O)N[C@@H](CN(C)C)C(C)C)C1. The average molecular weight is 691 g/mol. The molecule has 0 aromatic rings. The van der Waals surface area contributed by atoms with Gasteiger partial charge in [0.2, 0.25) is 11.8 Å². The second-order valence-corrected chi connectivity index (χ2v) is 18.1. The van der Waals surface area contributed by atoms with E-state index in [0.29, 0.717) is 47.5 Å². The molecule has 0 aromatic carbocycles. The monoisotopic (exact) mass is 691 g/mol. The predicted molar refractivity (Wildman–Crippen MR) is 191 cm³/mol. The minimum Gasteiger partial charge on any atom is -0.394 e. The Kier molecular flexibility index (Phi) is 12.8. The molecule has 0 aromatic heterocycles. The van der Waals surface area contributed by atoms with Gasteiger partial charge in [0, 0.05) is 50.0 Å². The molecule has 5 unspecified atom stereocenters. The number of amides is 2. The average Bonchev–Trinajstić information content (AvgIpc) is 3.43. The molecule has 0 radical (unpaired) electrons. The molecule has 10 nitrogen and oxygen atoms in total. The number of aliphatic hydroxyl groups is 2. The number of nitrogens with zero attached hydrogens (tertiary/aromatic N) is 2. The number of rotatable bonds is 13. The van der Waals surface area contributed by atoms with Gasteiger partial charge in [-0.3, -0.25) is 14.4 Å². The Labute approximate surface area is 296 Å². The molecule has 4 N–H and O–H groups in total. The van der Waals surface area contributed by atoms with Crippen molar-refractivity contribution >= 4 is 11.8 Å². The normalized spacial score (nSPS) is 40.5. The van der Waals surface area contributed by atoms with Crippen molar-refractivity contribution in [2.24, 2.45) is 58.7 Å². The molecular formula is C39H70N4O6. The number of hydrogen-bond acceptors (Lipinski definition) is 8. The van der Waals surface area contributed by atoms with E-state index < -0.39 is 24.2 Å². The molecule has 0 spiro atoms. The Morgan fingerprint density at radius 3 is 2.35 bits per heavy atom. The topological polar surface area (TPSA) is 124 Å². The summed E-state index contributed by atoms with van der Waals surface area (Å²) < 4.78 is 6.32. The highest BCUT2D eigenvalue weighted by Crippen LogP contribution is 2.61. The summed E-state index contributed by atoms with van der Waals surface area (Å²) in [6.45, 7) is 14.1. The highest BCUT2D eigenvalue weighted by Gasteiger charge is 2.58. The zero-order chi connectivity index (χ0) is 35.8. The minimum atomic E-state index is -0.815. The lowest BCUT2D eigenvalue weighted by atomic mass is 9.45. The second kappa shape index (κ2) is 16.2. The van der Waals surface area contributed by atoms with Crippen molar-refractivity contribution in [3.05, 3.63) is 0 Å². The van der Waals surface area contributed by atoms with Crippen LogP contribution in [-0.2, 0) is 19.2 Å². The van der Waals surface area contributed by atoms with E-state index in [1.165, 1.54) is 6.42 Å². The van der Waals surface area contributed by atoms with E-state index in [2.05, 4.69) is 64.2 Å². The molecule has 2 amide bonds. The third kappa shape index (κ3) is 8.20. The van der Waals surface area contributed by atoms with E-state index in [0.717, 1.165) is 57.9 Å². The van der Waals surface area contributed by atoms with Crippen molar-refractivity contribution in [2.45, 2.75) is 136 Å². The van der Waals surface area contributed by atoms with E-state index in [1.807, 2.05) is 0 Å². The lowest BCUT2D eigenvalue weighted by Crippen LogP contribution is -2.62. The summed E-state index contributed by atoms with van der Waals surface area (Å²) in [5.74, 6) is 2.42. The van der Waals surface area contributed by atoms with Crippen LogP contribution in [-0.4, -0.2) is 109 Å². The first kappa shape index (κ1) is 38.9. The van der Waals surface area contributed by atoms with Gasteiger partial charge in [0.25, 0.3) is 0 Å². The van der Waals surface area contributed by atoms with E-state index in [9.17, 15) is 19.8 Å². The van der Waals surface area contributed by atoms with Crippen LogP contribution in [0.2, 0.25) is 0 Å². The molecule has 6 fully saturated rings. The molecule has 6 rings (SSSR count). The van der Waals surface area contributed by atoms with Crippen molar-refractivity contribution in [3.63, 3.8) is 0 Å². The number of hydrogen-bond donors (Lipinski definition) is 4. The summed E-state index contributed by atoms with van der Waals surface area (Å²) in [7, 11) is 5.91. The van der Waals surface area contributed by atoms with Crippen LogP contribution < -0.4 is 10.6 Å². The van der Waals surface area contributed by atoms with Crippen LogP contribution in [0, 0.1) is 58.7 Å². The van der Waals surface area contributed by atoms with Crippen molar-refractivity contribution < 1.29 is 29.4 Å². The number of nitrogens with one attached hydrogen (secondary N) is 2. The molecule has 282 valence electrons. The first-order valence-corrected chi connectivity index (χ1v) is 19.7. The zero-order valence-electron chi connectivity index (χ0n) is 32.1. The van der Waals surface area contributed by atoms with Gasteiger partial charge < -0.3 is 30.5 Å². The van der Waals surface area contributed by atoms with Crippen LogP contribution in [0.4, 0.5) is 0 Å². The Bertz CT molecular complexity index is 1120. The van der Waals surface area contributed by atoms with Gasteiger partial charge in [-0.05, 0) is 100 Å². The van der Waals surface area contributed by atoms with Crippen molar-refractivity contribution in [1.29, 1.82) is 0 Å². The molecule has 5 aliphatic carbocycles. The van der Waals surface area contributed by atoms with Crippen molar-refractivity contribution in [3.8, 4) is 0 Å². The van der Waals surface area contributed by atoms with Gasteiger partial charge in [0.15, 0.2) is 0 Å². The van der Waals surface area contributed by atoms with Gasteiger partial charge in [-0.25, -0.2) is 0 Å². The summed E-state index contributed by atoms with van der Waals surface area (Å²) in [6.07, 6.45) is 7.81. The highest BCUT2D eigenvalue weighted by molar-refractivity contribution is 5.83. The fraction of sp³-hybridized carbons (Fsp3) is 0.949. The van der Waals surface area contributed by atoms with Crippen molar-refractivity contribution in [2.75, 3.05) is 40.9 Å². The number of aliphatic hydroxyl groups excluding tert-OH is 2. The quantitative estimate of drug-likeness (QED) is 0.228. The Hall–Kier alpha value is -1.30. The van der Waals surface area contributed by atoms with Crippen LogP contribution in [0.5, 0.6) is 0 Å². The fourth-order valence-electron chi connectivity index (χ4n) is 11.1. The smallest absolute Gasteiger partial charge is 0.240 e. The molecule has 5 saturated carbocycles. The Morgan fingerprint density at radius 2 is 1.76 bits per heavy atom. The highest BCUT2D eigenvalue weighted by atomic mass is 16.7. The minimum absolute atomic E-state index is 0.0177. The summed E-state index contributed by atoms with van der Waals surface area (Å²) in [4.78, 5) is 36.3. The molecular weight excluding hydrogens is 620 g/mol. The van der Waals surface area contributed by atoms with Crippen LogP contribution in [0.25, 0.3) is 0 Å². The summed E-state index contributed by atoms with van der Waals surface area (Å²) in [6, 6.07) is -0.450. The molecule has 1 saturated heterocycles. The van der Waals surface area contributed by atoms with E-state index in [1.54, 1.807) is 19.1 Å². The standard InChI is InChI=1S/C39H70N4O6/c1-22(2)32(20-42(7)8)41-37(46)26-13-10-12-25(16-26)29-15-11-14-27(36(29)48-9)19-43-35(34(24(4)45)33(21-44)49-43)38(47)40-31-18-28-17-30(23(31)3)39(28,5)6/h22-36,44-45H,10-21H2,1-9H3,(H,40,47)(H,41,46)/t23-,24-,25?,26?,27?,28+,29?,30-,31-,32-,33-,34+,35-,36?/m0/s1. The number of ether oxygens (including phenoxy) is 1. The first-order valence-electron chi connectivity index (χ1n) is 19.7. The van der Waals surface area contributed by atoms with Crippen LogP contribution in [0.15, 0.2) is 0 Å². The van der Waals surface area contributed by atoms with Gasteiger partial charge in [0.05, 0.1) is 18.8 Å². The number of carbonyl (C=O) groups is 2. The molecule has 2 bridgehead atoms. The van der Waals surface area contributed by atoms with Gasteiger partial charge in [-0.2, -0.15) is 5.06 Å². The van der Waals surface area contributed by atoms with Crippen LogP contribution in [0.1, 0.15) is 99.3 Å². The summed E-state index contributed by atoms with van der Waals surface area (Å²) in [5, 5.41) is 29.8. The number of fused-ring (bicyclic) bond motifs is 2. The van der Waals surface area contributed by atoms with Gasteiger partial charge >= 0.3 is 0 Å². The second-order valence-electron chi connectivity index (χ2n) is 18.1. The fourth-order valence-corrected chi connectivity index (χ4v) is 11.1. The molecule has 14 atom stereocenters. The largest absolute Gasteiger partial charge is 0.394 e. The number of likely N-dealkylation sites (N-methyl/N-ethyl adjacent to an activating group) is 1. The maximum atomic E-state index is 14.2. The van der Waals surface area contributed by atoms with E-state index in [-0.39, 0.29) is 48.4 Å². The maximum absolute atomic E-state index is 14.2. The van der Waals surface area contributed by atoms with Gasteiger partial charge in [0.1, 0.15) is 12.1 Å². The number of carbonyl (C=O) groups excluding carboxylic acids is 2. The molecule has 49 heavy (non-hydrogen) atoms.